The molecule has 2 aromatic carbocycles. The average Bonchev–Trinajstić information content (AvgIpc) is 3.87. The van der Waals surface area contributed by atoms with Gasteiger partial charge in [0.1, 0.15) is 34.4 Å². The van der Waals surface area contributed by atoms with Crippen LogP contribution in [0.3, 0.4) is 0 Å². The van der Waals surface area contributed by atoms with Crippen molar-refractivity contribution in [2.45, 2.75) is 107 Å². The van der Waals surface area contributed by atoms with Gasteiger partial charge >= 0.3 is 18.0 Å². The van der Waals surface area contributed by atoms with Crippen LogP contribution < -0.4 is 16.4 Å². The second kappa shape index (κ2) is 16.8. The number of alkyl carbamates (subject to hydrolysis) is 1. The Morgan fingerprint density at radius 3 is 2.03 bits per heavy atom. The number of thiazole rings is 1. The lowest BCUT2D eigenvalue weighted by atomic mass is 10.0. The van der Waals surface area contributed by atoms with Crippen molar-refractivity contribution in [3.63, 3.8) is 0 Å². The van der Waals surface area contributed by atoms with Gasteiger partial charge in [0.15, 0.2) is 16.9 Å². The number of amides is 4. The van der Waals surface area contributed by atoms with Crippen LogP contribution in [0.15, 0.2) is 71.2 Å². The Kier molecular flexibility index (Phi) is 12.3. The van der Waals surface area contributed by atoms with Gasteiger partial charge in [-0.25, -0.2) is 19.4 Å². The molecule has 4 heterocycles. The lowest BCUT2D eigenvalue weighted by molar-refractivity contribution is -0.179. The highest BCUT2D eigenvalue weighted by atomic mass is 32.2. The van der Waals surface area contributed by atoms with Crippen LogP contribution in [0.4, 0.5) is 9.93 Å². The Hall–Kier alpha value is -5.69. The fraction of sp³-hybridized carbons (Fsp3) is 0.463. The molecule has 0 saturated carbocycles. The zero-order chi connectivity index (χ0) is 43.8. The van der Waals surface area contributed by atoms with Gasteiger partial charge in [0, 0.05) is 11.9 Å². The van der Waals surface area contributed by atoms with Gasteiger partial charge in [-0.3, -0.25) is 14.4 Å². The highest BCUT2D eigenvalue weighted by molar-refractivity contribution is 8.02. The molecule has 3 saturated heterocycles. The zero-order valence-corrected chi connectivity index (χ0v) is 36.2. The first-order valence-corrected chi connectivity index (χ1v) is 21.0. The van der Waals surface area contributed by atoms with E-state index in [2.05, 4.69) is 20.8 Å². The van der Waals surface area contributed by atoms with E-state index in [4.69, 9.17) is 24.8 Å². The van der Waals surface area contributed by atoms with E-state index in [1.807, 2.05) is 60.7 Å². The second-order valence-electron chi connectivity index (χ2n) is 16.9. The number of carbonyl (C=O) groups excluding carboxylic acids is 6. The van der Waals surface area contributed by atoms with Crippen LogP contribution in [-0.2, 0) is 43.0 Å². The number of nitrogens with two attached hydrogens (primary N) is 1. The van der Waals surface area contributed by atoms with Crippen molar-refractivity contribution in [2.24, 2.45) is 5.16 Å². The Morgan fingerprint density at radius 1 is 0.883 bits per heavy atom. The summed E-state index contributed by atoms with van der Waals surface area (Å²) in [6, 6.07) is 16.0. The monoisotopic (exact) mass is 863 g/mol. The quantitative estimate of drug-likeness (QED) is 0.0768. The first-order chi connectivity index (χ1) is 28.1. The Morgan fingerprint density at radius 2 is 1.48 bits per heavy atom. The molecule has 3 fully saturated rings. The molecule has 0 bridgehead atoms. The van der Waals surface area contributed by atoms with Crippen LogP contribution in [0.1, 0.15) is 84.7 Å². The first-order valence-electron chi connectivity index (χ1n) is 19.2. The molecule has 4 amide bonds. The molecule has 0 unspecified atom stereocenters. The summed E-state index contributed by atoms with van der Waals surface area (Å²) >= 11 is 2.02. The van der Waals surface area contributed by atoms with Gasteiger partial charge in [0.05, 0.1) is 6.54 Å². The maximum Gasteiger partial charge on any atom is 0.408 e. The Labute approximate surface area is 355 Å². The lowest BCUT2D eigenvalue weighted by Crippen LogP contribution is -2.68. The van der Waals surface area contributed by atoms with E-state index in [0.717, 1.165) is 23.1 Å². The van der Waals surface area contributed by atoms with Gasteiger partial charge in [0.25, 0.3) is 5.91 Å². The molecule has 6 rings (SSSR count). The summed E-state index contributed by atoms with van der Waals surface area (Å²) in [5.74, 6) is -3.54. The highest BCUT2D eigenvalue weighted by Gasteiger charge is 2.67. The van der Waals surface area contributed by atoms with E-state index in [1.54, 1.807) is 41.5 Å². The number of β-lactam (4-membered cyclic amide) rings is 1. The number of fused-ring (bicyclic) bond motifs is 1. The van der Waals surface area contributed by atoms with Gasteiger partial charge in [-0.15, -0.1) is 11.3 Å². The topological polar surface area (TPSA) is 221 Å². The van der Waals surface area contributed by atoms with Crippen molar-refractivity contribution >= 4 is 69.7 Å². The number of nitrogen functional groups attached to an aromatic ring is 1. The van der Waals surface area contributed by atoms with Crippen molar-refractivity contribution < 1.29 is 47.8 Å². The van der Waals surface area contributed by atoms with Gasteiger partial charge in [-0.05, 0) is 72.9 Å². The minimum Gasteiger partial charge on any atom is -0.457 e. The number of oxime groups is 1. The molecule has 17 nitrogen and oxygen atoms in total. The summed E-state index contributed by atoms with van der Waals surface area (Å²) in [5.41, 5.74) is 3.57. The molecule has 3 aromatic rings. The number of carbonyl (C=O) groups is 6. The summed E-state index contributed by atoms with van der Waals surface area (Å²) in [6.45, 7) is 12.8. The standard InChI is InChI=1S/C41H49N7O10S2/c1-38(2,3)56-34(52)40(7,8)58-46-27(26-21-59-36(42)43-26)30(49)45-28-32(51)47-22-41(60-33(28)47,48-20-19-25(31(48)50)44-37(54)57-39(4,5)6)35(53)55-29(23-15-11-9-12-16-23)24-17-13-10-14-18-24/h9-18,21,25,28-29,33H,19-20,22H2,1-8H3,(H2,42,43)(H,44,54)(H,45,49)/b46-27-/t25-,28-,33-,41-/m1/s1. The predicted molar refractivity (Wildman–Crippen MR) is 222 cm³/mol. The normalized spacial score (nSPS) is 21.9. The summed E-state index contributed by atoms with van der Waals surface area (Å²) in [5, 5.41) is 10.1. The molecular weight excluding hydrogens is 815 g/mol. The highest BCUT2D eigenvalue weighted by Crippen LogP contribution is 2.51. The van der Waals surface area contributed by atoms with Crippen molar-refractivity contribution in [3.05, 3.63) is 82.9 Å². The van der Waals surface area contributed by atoms with E-state index in [-0.39, 0.29) is 36.0 Å². The number of thioether (sulfide) groups is 1. The Bertz CT molecular complexity index is 2130. The van der Waals surface area contributed by atoms with Gasteiger partial charge in [-0.2, -0.15) is 0 Å². The van der Waals surface area contributed by atoms with Crippen molar-refractivity contribution in [1.29, 1.82) is 0 Å². The summed E-state index contributed by atoms with van der Waals surface area (Å²) < 4.78 is 17.2. The molecule has 3 aliphatic heterocycles. The number of benzene rings is 2. The van der Waals surface area contributed by atoms with E-state index < -0.39 is 81.0 Å². The largest absolute Gasteiger partial charge is 0.457 e. The molecule has 1 aromatic heterocycles. The molecule has 4 N–H and O–H groups in total. The Balaban J connectivity index is 1.29. The van der Waals surface area contributed by atoms with Crippen LogP contribution in [0.5, 0.6) is 0 Å². The maximum atomic E-state index is 14.9. The average molecular weight is 864 g/mol. The number of aromatic nitrogens is 1. The number of likely N-dealkylation sites (tertiary alicyclic amines) is 1. The van der Waals surface area contributed by atoms with Crippen LogP contribution >= 0.6 is 23.1 Å². The van der Waals surface area contributed by atoms with Gasteiger partial charge in [0.2, 0.25) is 22.3 Å². The summed E-state index contributed by atoms with van der Waals surface area (Å²) in [4.78, 5) is 93.3. The fourth-order valence-corrected chi connectivity index (χ4v) is 8.85. The first kappa shape index (κ1) is 43.9. The molecule has 60 heavy (non-hydrogen) atoms. The smallest absolute Gasteiger partial charge is 0.408 e. The SMILES string of the molecule is CC(C)(C)OC(=O)N[C@@H]1CCN([C@]2(C(=O)OC(c3ccccc3)c3ccccc3)CN3C(=O)[C@@H](NC(=O)/C(=N\OC(C)(C)C(=O)OC(C)(C)C)c4csc(N)n4)[C@H]3S2)C1=O. The lowest BCUT2D eigenvalue weighted by Gasteiger charge is -2.41. The number of anilines is 1. The molecule has 320 valence electrons. The number of hydrogen-bond donors (Lipinski definition) is 3. The van der Waals surface area contributed by atoms with Crippen LogP contribution in [0.2, 0.25) is 0 Å². The third-order valence-electron chi connectivity index (χ3n) is 9.44. The van der Waals surface area contributed by atoms with E-state index >= 15 is 0 Å². The number of nitrogens with one attached hydrogen (secondary N) is 2. The van der Waals surface area contributed by atoms with Crippen molar-refractivity contribution in [2.75, 3.05) is 18.8 Å². The molecule has 0 aliphatic carbocycles. The number of esters is 2. The number of ether oxygens (including phenoxy) is 3. The van der Waals surface area contributed by atoms with Crippen LogP contribution in [0, 0.1) is 0 Å². The predicted octanol–water partition coefficient (Wildman–Crippen LogP) is 4.12. The van der Waals surface area contributed by atoms with Gasteiger partial charge < -0.3 is 45.2 Å². The third-order valence-corrected chi connectivity index (χ3v) is 11.8. The van der Waals surface area contributed by atoms with E-state index in [0.29, 0.717) is 11.1 Å². The van der Waals surface area contributed by atoms with E-state index in [1.165, 1.54) is 29.0 Å². The minimum atomic E-state index is -1.80. The zero-order valence-electron chi connectivity index (χ0n) is 34.5. The third kappa shape index (κ3) is 9.51. The minimum absolute atomic E-state index is 0.0228. The molecule has 0 radical (unpaired) electrons. The maximum absolute atomic E-state index is 14.9. The van der Waals surface area contributed by atoms with Crippen LogP contribution in [0.25, 0.3) is 0 Å². The number of hydrogen-bond acceptors (Lipinski definition) is 15. The molecular formula is C41H49N7O10S2. The summed E-state index contributed by atoms with van der Waals surface area (Å²) in [6.07, 6.45) is -1.55. The van der Waals surface area contributed by atoms with Gasteiger partial charge in [-0.1, -0.05) is 77.6 Å². The fourth-order valence-electron chi connectivity index (χ4n) is 6.61. The summed E-state index contributed by atoms with van der Waals surface area (Å²) in [7, 11) is 0. The second-order valence-corrected chi connectivity index (χ2v) is 19.2. The molecule has 4 atom stereocenters. The number of rotatable bonds is 12. The number of nitrogens with zero attached hydrogens (tertiary/aromatic N) is 4. The van der Waals surface area contributed by atoms with Crippen molar-refractivity contribution in [3.8, 4) is 0 Å². The van der Waals surface area contributed by atoms with Crippen molar-refractivity contribution in [1.82, 2.24) is 25.4 Å². The van der Waals surface area contributed by atoms with Crippen LogP contribution in [-0.4, -0.2) is 108 Å². The molecule has 19 heteroatoms. The molecule has 0 spiro atoms. The van der Waals surface area contributed by atoms with E-state index in [9.17, 15) is 28.8 Å². The molecule has 3 aliphatic rings.